The highest BCUT2D eigenvalue weighted by atomic mass is 19.1. The van der Waals surface area contributed by atoms with Crippen molar-refractivity contribution in [3.8, 4) is 0 Å². The fourth-order valence-corrected chi connectivity index (χ4v) is 4.89. The van der Waals surface area contributed by atoms with Gasteiger partial charge in [0.2, 0.25) is 11.8 Å². The maximum Gasteiger partial charge on any atom is 0.216 e. The first-order valence-corrected chi connectivity index (χ1v) is 12.2. The van der Waals surface area contributed by atoms with Gasteiger partial charge in [-0.15, -0.1) is 0 Å². The quantitative estimate of drug-likeness (QED) is 0.316. The Labute approximate surface area is 203 Å². The van der Waals surface area contributed by atoms with E-state index in [2.05, 4.69) is 69.8 Å². The first-order chi connectivity index (χ1) is 17.3. The maximum atomic E-state index is 14.5. The molecule has 0 unspecified atom stereocenters. The summed E-state index contributed by atoms with van der Waals surface area (Å²) in [7, 11) is 0. The van der Waals surface area contributed by atoms with Gasteiger partial charge in [-0.05, 0) is 70.4 Å². The molecule has 1 N–H and O–H groups in total. The molecule has 1 aliphatic carbocycles. The van der Waals surface area contributed by atoms with Gasteiger partial charge in [-0.1, -0.05) is 67.1 Å². The Balaban J connectivity index is 1.50. The third-order valence-corrected chi connectivity index (χ3v) is 6.89. The Kier molecular flexibility index (Phi) is 5.75. The van der Waals surface area contributed by atoms with Crippen LogP contribution in [0.5, 0.6) is 0 Å². The second kappa shape index (κ2) is 9.34. The molecule has 1 aliphatic heterocycles. The minimum absolute atomic E-state index is 0.399. The van der Waals surface area contributed by atoms with E-state index in [-0.39, 0.29) is 0 Å². The minimum Gasteiger partial charge on any atom is -0.476 e. The van der Waals surface area contributed by atoms with Gasteiger partial charge in [-0.25, -0.2) is 4.99 Å². The van der Waals surface area contributed by atoms with Gasteiger partial charge in [-0.2, -0.15) is 9.49 Å². The van der Waals surface area contributed by atoms with Crippen LogP contribution in [0.2, 0.25) is 0 Å². The van der Waals surface area contributed by atoms with E-state index in [1.54, 1.807) is 0 Å². The van der Waals surface area contributed by atoms with Crippen LogP contribution in [0.4, 0.5) is 4.39 Å². The molecule has 0 atom stereocenters. The normalized spacial score (nSPS) is 16.8. The number of H-pyrrole nitrogens is 1. The highest BCUT2D eigenvalue weighted by Gasteiger charge is 2.27. The van der Waals surface area contributed by atoms with E-state index in [0.717, 1.165) is 28.8 Å². The molecular formula is C30H26FN3O. The number of aromatic amines is 1. The Morgan fingerprint density at radius 1 is 0.914 bits per heavy atom. The van der Waals surface area contributed by atoms with Crippen LogP contribution in [-0.2, 0) is 4.74 Å². The molecule has 1 fully saturated rings. The fraction of sp³-hybridized carbons (Fsp3) is 0.200. The largest absolute Gasteiger partial charge is 0.476 e. The molecule has 1 saturated carbocycles. The molecule has 3 aromatic carbocycles. The zero-order valence-electron chi connectivity index (χ0n) is 19.4. The molecule has 2 aliphatic rings. The number of hydrogen-bond acceptors (Lipinski definition) is 3. The summed E-state index contributed by atoms with van der Waals surface area (Å²) in [4.78, 5) is 4.32. The number of aliphatic imine (C=N–C) groups is 1. The third-order valence-electron chi connectivity index (χ3n) is 6.89. The maximum absolute atomic E-state index is 14.5. The number of rotatable bonds is 6. The Morgan fingerprint density at radius 2 is 1.71 bits per heavy atom. The molecule has 35 heavy (non-hydrogen) atoms. The average molecular weight is 464 g/mol. The van der Waals surface area contributed by atoms with E-state index >= 15 is 0 Å². The Bertz CT molecular complexity index is 1440. The highest BCUT2D eigenvalue weighted by molar-refractivity contribution is 6.01. The SMILES string of the molecule is Fc1[nH]nc2ccc(/C(=C(/c3ccccc3)C3CCC3)c3ccc(/C=C/C4=NCCO4)cc3)cc12. The zero-order valence-corrected chi connectivity index (χ0v) is 19.4. The van der Waals surface area contributed by atoms with E-state index in [4.69, 9.17) is 4.74 Å². The van der Waals surface area contributed by atoms with Crippen LogP contribution in [0.3, 0.4) is 0 Å². The van der Waals surface area contributed by atoms with Gasteiger partial charge in [0.25, 0.3) is 0 Å². The molecule has 0 saturated heterocycles. The number of nitrogens with zero attached hydrogens (tertiary/aromatic N) is 2. The summed E-state index contributed by atoms with van der Waals surface area (Å²) in [6.45, 7) is 1.37. The summed E-state index contributed by atoms with van der Waals surface area (Å²) < 4.78 is 19.9. The lowest BCUT2D eigenvalue weighted by molar-refractivity contribution is 0.350. The van der Waals surface area contributed by atoms with E-state index in [1.165, 1.54) is 30.4 Å². The van der Waals surface area contributed by atoms with Gasteiger partial charge < -0.3 is 4.74 Å². The van der Waals surface area contributed by atoms with Crippen molar-refractivity contribution in [1.82, 2.24) is 10.2 Å². The molecule has 0 bridgehead atoms. The number of aromatic nitrogens is 2. The summed E-state index contributed by atoms with van der Waals surface area (Å²) in [6, 6.07) is 25.0. The number of fused-ring (bicyclic) bond motifs is 1. The van der Waals surface area contributed by atoms with Crippen molar-refractivity contribution in [2.24, 2.45) is 10.9 Å². The highest BCUT2D eigenvalue weighted by Crippen LogP contribution is 2.45. The van der Waals surface area contributed by atoms with Gasteiger partial charge in [0.15, 0.2) is 0 Å². The van der Waals surface area contributed by atoms with Crippen LogP contribution in [0, 0.1) is 11.9 Å². The smallest absolute Gasteiger partial charge is 0.216 e. The molecule has 5 heteroatoms. The monoisotopic (exact) mass is 463 g/mol. The van der Waals surface area contributed by atoms with Crippen LogP contribution in [0.15, 0.2) is 83.9 Å². The first-order valence-electron chi connectivity index (χ1n) is 12.2. The second-order valence-electron chi connectivity index (χ2n) is 9.08. The predicted octanol–water partition coefficient (Wildman–Crippen LogP) is 6.90. The Hall–Kier alpha value is -3.99. The number of ether oxygens (including phenoxy) is 1. The molecular weight excluding hydrogens is 437 g/mol. The van der Waals surface area contributed by atoms with Crippen molar-refractivity contribution in [3.63, 3.8) is 0 Å². The van der Waals surface area contributed by atoms with E-state index < -0.39 is 5.95 Å². The van der Waals surface area contributed by atoms with Crippen molar-refractivity contribution in [2.75, 3.05) is 13.2 Å². The Morgan fingerprint density at radius 3 is 2.43 bits per heavy atom. The summed E-state index contributed by atoms with van der Waals surface area (Å²) in [5, 5.41) is 7.06. The molecule has 4 nitrogen and oxygen atoms in total. The van der Waals surface area contributed by atoms with Gasteiger partial charge in [-0.3, -0.25) is 5.10 Å². The van der Waals surface area contributed by atoms with Crippen LogP contribution < -0.4 is 0 Å². The summed E-state index contributed by atoms with van der Waals surface area (Å²) in [5.41, 5.74) is 7.53. The molecule has 2 heterocycles. The molecule has 0 spiro atoms. The topological polar surface area (TPSA) is 50.3 Å². The number of hydrogen-bond donors (Lipinski definition) is 1. The minimum atomic E-state index is -0.399. The van der Waals surface area contributed by atoms with Crippen LogP contribution in [-0.4, -0.2) is 29.2 Å². The second-order valence-corrected chi connectivity index (χ2v) is 9.08. The van der Waals surface area contributed by atoms with E-state index in [9.17, 15) is 4.39 Å². The first kappa shape index (κ1) is 21.5. The van der Waals surface area contributed by atoms with Crippen LogP contribution >= 0.6 is 0 Å². The standard InChI is InChI=1S/C30H26FN3O/c31-30-25-19-24(14-15-26(25)33-34-30)29(28(22-7-4-8-22)21-5-2-1-3-6-21)23-12-9-20(10-13-23)11-16-27-32-17-18-35-27/h1-3,5-6,9-16,19,22H,4,7-8,17-18H2,(H,33,34)/b16-11+,29-28-. The lowest BCUT2D eigenvalue weighted by Crippen LogP contribution is -2.15. The van der Waals surface area contributed by atoms with Gasteiger partial charge in [0.1, 0.15) is 6.61 Å². The number of allylic oxidation sites excluding steroid dienone is 1. The molecule has 4 aromatic rings. The van der Waals surface area contributed by atoms with Gasteiger partial charge >= 0.3 is 0 Å². The number of halogens is 1. The fourth-order valence-electron chi connectivity index (χ4n) is 4.89. The van der Waals surface area contributed by atoms with Crippen molar-refractivity contribution in [2.45, 2.75) is 19.3 Å². The average Bonchev–Trinajstić information content (AvgIpc) is 3.52. The number of benzene rings is 3. The van der Waals surface area contributed by atoms with Crippen molar-refractivity contribution in [3.05, 3.63) is 107 Å². The summed E-state index contributed by atoms with van der Waals surface area (Å²) in [6.07, 6.45) is 7.50. The summed E-state index contributed by atoms with van der Waals surface area (Å²) in [5.74, 6) is 0.763. The van der Waals surface area contributed by atoms with Gasteiger partial charge in [0, 0.05) is 6.08 Å². The van der Waals surface area contributed by atoms with Crippen molar-refractivity contribution >= 4 is 34.0 Å². The van der Waals surface area contributed by atoms with Crippen LogP contribution in [0.25, 0.3) is 28.1 Å². The van der Waals surface area contributed by atoms with E-state index in [1.807, 2.05) is 30.4 Å². The molecule has 174 valence electrons. The lowest BCUT2D eigenvalue weighted by atomic mass is 9.73. The lowest BCUT2D eigenvalue weighted by Gasteiger charge is -2.31. The van der Waals surface area contributed by atoms with Crippen LogP contribution in [0.1, 0.15) is 41.5 Å². The molecule has 6 rings (SSSR count). The van der Waals surface area contributed by atoms with Crippen molar-refractivity contribution in [1.29, 1.82) is 0 Å². The third kappa shape index (κ3) is 4.30. The predicted molar refractivity (Wildman–Crippen MR) is 139 cm³/mol. The molecule has 0 radical (unpaired) electrons. The van der Waals surface area contributed by atoms with Gasteiger partial charge in [0.05, 0.1) is 17.4 Å². The molecule has 0 amide bonds. The van der Waals surface area contributed by atoms with E-state index in [0.29, 0.717) is 29.3 Å². The summed E-state index contributed by atoms with van der Waals surface area (Å²) >= 11 is 0. The molecule has 1 aromatic heterocycles. The number of nitrogens with one attached hydrogen (secondary N) is 1. The zero-order chi connectivity index (χ0) is 23.6. The van der Waals surface area contributed by atoms with Crippen molar-refractivity contribution < 1.29 is 9.13 Å².